The van der Waals surface area contributed by atoms with Gasteiger partial charge in [-0.3, -0.25) is 0 Å². The Morgan fingerprint density at radius 3 is 2.44 bits per heavy atom. The Morgan fingerprint density at radius 1 is 1.22 bits per heavy atom. The van der Waals surface area contributed by atoms with Crippen molar-refractivity contribution < 1.29 is 17.9 Å². The van der Waals surface area contributed by atoms with Crippen molar-refractivity contribution in [1.82, 2.24) is 0 Å². The van der Waals surface area contributed by atoms with Crippen LogP contribution in [0.1, 0.15) is 11.1 Å². The van der Waals surface area contributed by atoms with Gasteiger partial charge in [-0.1, -0.05) is 0 Å². The lowest BCUT2D eigenvalue weighted by molar-refractivity contribution is -0.137. The van der Waals surface area contributed by atoms with Crippen LogP contribution in [0, 0.1) is 11.3 Å². The second-order valence-electron chi connectivity index (χ2n) is 3.94. The van der Waals surface area contributed by atoms with Gasteiger partial charge in [0, 0.05) is 13.1 Å². The lowest BCUT2D eigenvalue weighted by Gasteiger charge is -2.29. The summed E-state index contributed by atoms with van der Waals surface area (Å²) in [5.74, 6) is 0. The standard InChI is InChI=1S/C12H11F3N2O/c13-12(14,15)10-1-2-11(9(7-10)8-16)17-3-5-18-6-4-17/h1-2,7H,3-6H2. The number of benzene rings is 1. The molecule has 6 heteroatoms. The molecule has 0 saturated carbocycles. The van der Waals surface area contributed by atoms with Crippen molar-refractivity contribution in [3.8, 4) is 6.07 Å². The average molecular weight is 256 g/mol. The van der Waals surface area contributed by atoms with Crippen LogP contribution in [0.15, 0.2) is 18.2 Å². The fourth-order valence-corrected chi connectivity index (χ4v) is 1.88. The minimum absolute atomic E-state index is 0.0479. The van der Waals surface area contributed by atoms with Gasteiger partial charge in [0.2, 0.25) is 0 Å². The van der Waals surface area contributed by atoms with E-state index in [1.807, 2.05) is 11.0 Å². The second kappa shape index (κ2) is 4.86. The number of hydrogen-bond donors (Lipinski definition) is 0. The SMILES string of the molecule is N#Cc1cc(C(F)(F)F)ccc1N1CCOCC1. The summed E-state index contributed by atoms with van der Waals surface area (Å²) in [7, 11) is 0. The molecular weight excluding hydrogens is 245 g/mol. The van der Waals surface area contributed by atoms with Crippen LogP contribution in [0.5, 0.6) is 0 Å². The Labute approximate surface area is 102 Å². The number of halogens is 3. The molecule has 0 aromatic heterocycles. The van der Waals surface area contributed by atoms with E-state index in [0.29, 0.717) is 32.0 Å². The molecule has 0 N–H and O–H groups in total. The summed E-state index contributed by atoms with van der Waals surface area (Å²) in [6.45, 7) is 2.21. The van der Waals surface area contributed by atoms with Gasteiger partial charge in [0.15, 0.2) is 0 Å². The third-order valence-corrected chi connectivity index (χ3v) is 2.80. The van der Waals surface area contributed by atoms with Crippen molar-refractivity contribution in [3.05, 3.63) is 29.3 Å². The van der Waals surface area contributed by atoms with Crippen molar-refractivity contribution in [2.45, 2.75) is 6.18 Å². The molecule has 0 radical (unpaired) electrons. The first-order valence-corrected chi connectivity index (χ1v) is 5.46. The first-order chi connectivity index (χ1) is 8.52. The Bertz CT molecular complexity index is 473. The molecule has 1 aromatic rings. The molecule has 1 heterocycles. The maximum atomic E-state index is 12.5. The van der Waals surface area contributed by atoms with E-state index < -0.39 is 11.7 Å². The molecule has 0 spiro atoms. The van der Waals surface area contributed by atoms with Gasteiger partial charge in [0.1, 0.15) is 6.07 Å². The minimum Gasteiger partial charge on any atom is -0.378 e. The number of alkyl halides is 3. The summed E-state index contributed by atoms with van der Waals surface area (Å²) in [6.07, 6.45) is -4.42. The molecule has 3 nitrogen and oxygen atoms in total. The normalized spacial score (nSPS) is 16.4. The lowest BCUT2D eigenvalue weighted by atomic mass is 10.1. The van der Waals surface area contributed by atoms with Gasteiger partial charge in [-0.2, -0.15) is 18.4 Å². The monoisotopic (exact) mass is 256 g/mol. The van der Waals surface area contributed by atoms with Gasteiger partial charge >= 0.3 is 6.18 Å². The molecule has 1 aliphatic heterocycles. The maximum Gasteiger partial charge on any atom is 0.416 e. The minimum atomic E-state index is -4.42. The molecule has 0 amide bonds. The van der Waals surface area contributed by atoms with Gasteiger partial charge in [-0.15, -0.1) is 0 Å². The van der Waals surface area contributed by atoms with E-state index >= 15 is 0 Å². The summed E-state index contributed by atoms with van der Waals surface area (Å²) in [5, 5.41) is 8.96. The van der Waals surface area contributed by atoms with Crippen LogP contribution in [0.3, 0.4) is 0 Å². The van der Waals surface area contributed by atoms with Crippen LogP contribution in [-0.2, 0) is 10.9 Å². The number of ether oxygens (including phenoxy) is 1. The van der Waals surface area contributed by atoms with Gasteiger partial charge in [0.05, 0.1) is 30.0 Å². The summed E-state index contributed by atoms with van der Waals surface area (Å²) < 4.78 is 42.8. The van der Waals surface area contributed by atoms with E-state index in [1.165, 1.54) is 6.07 Å². The molecule has 0 atom stereocenters. The van der Waals surface area contributed by atoms with Crippen LogP contribution in [0.25, 0.3) is 0 Å². The third kappa shape index (κ3) is 2.57. The van der Waals surface area contributed by atoms with Crippen molar-refractivity contribution in [2.75, 3.05) is 31.2 Å². The van der Waals surface area contributed by atoms with Gasteiger partial charge in [-0.25, -0.2) is 0 Å². The molecule has 18 heavy (non-hydrogen) atoms. The molecular formula is C12H11F3N2O. The lowest BCUT2D eigenvalue weighted by Crippen LogP contribution is -2.36. The van der Waals surface area contributed by atoms with E-state index in [1.54, 1.807) is 0 Å². The molecule has 1 aliphatic rings. The van der Waals surface area contributed by atoms with Crippen LogP contribution in [-0.4, -0.2) is 26.3 Å². The van der Waals surface area contributed by atoms with Crippen LogP contribution in [0.4, 0.5) is 18.9 Å². The zero-order chi connectivity index (χ0) is 13.2. The van der Waals surface area contributed by atoms with Crippen molar-refractivity contribution >= 4 is 5.69 Å². The molecule has 0 unspecified atom stereocenters. The van der Waals surface area contributed by atoms with E-state index in [2.05, 4.69) is 0 Å². The van der Waals surface area contributed by atoms with E-state index in [9.17, 15) is 13.2 Å². The van der Waals surface area contributed by atoms with Crippen molar-refractivity contribution in [1.29, 1.82) is 5.26 Å². The number of anilines is 1. The Balaban J connectivity index is 2.34. The van der Waals surface area contributed by atoms with Crippen LogP contribution in [0.2, 0.25) is 0 Å². The number of morpholine rings is 1. The number of nitrogens with zero attached hydrogens (tertiary/aromatic N) is 2. The topological polar surface area (TPSA) is 36.3 Å². The summed E-state index contributed by atoms with van der Waals surface area (Å²) in [5.41, 5.74) is -0.211. The molecule has 1 saturated heterocycles. The molecule has 2 rings (SSSR count). The van der Waals surface area contributed by atoms with Gasteiger partial charge in [0.25, 0.3) is 0 Å². The Hall–Kier alpha value is -1.74. The first kappa shape index (κ1) is 12.7. The van der Waals surface area contributed by atoms with Crippen molar-refractivity contribution in [2.24, 2.45) is 0 Å². The van der Waals surface area contributed by atoms with Crippen LogP contribution >= 0.6 is 0 Å². The van der Waals surface area contributed by atoms with Crippen molar-refractivity contribution in [3.63, 3.8) is 0 Å². The third-order valence-electron chi connectivity index (χ3n) is 2.80. The predicted molar refractivity (Wildman–Crippen MR) is 59.2 cm³/mol. The van der Waals surface area contributed by atoms with E-state index in [0.717, 1.165) is 12.1 Å². The summed E-state index contributed by atoms with van der Waals surface area (Å²) in [6, 6.07) is 5.08. The Kier molecular flexibility index (Phi) is 3.43. The highest BCUT2D eigenvalue weighted by Gasteiger charge is 2.31. The summed E-state index contributed by atoms with van der Waals surface area (Å²) >= 11 is 0. The van der Waals surface area contributed by atoms with Gasteiger partial charge in [-0.05, 0) is 18.2 Å². The van der Waals surface area contributed by atoms with E-state index in [-0.39, 0.29) is 5.56 Å². The number of hydrogen-bond acceptors (Lipinski definition) is 3. The fraction of sp³-hybridized carbons (Fsp3) is 0.417. The molecule has 0 bridgehead atoms. The Morgan fingerprint density at radius 2 is 1.89 bits per heavy atom. The zero-order valence-corrected chi connectivity index (χ0v) is 9.50. The molecule has 96 valence electrons. The van der Waals surface area contributed by atoms with Gasteiger partial charge < -0.3 is 9.64 Å². The zero-order valence-electron chi connectivity index (χ0n) is 9.50. The highest BCUT2D eigenvalue weighted by Crippen LogP contribution is 2.32. The molecule has 1 aromatic carbocycles. The smallest absolute Gasteiger partial charge is 0.378 e. The summed E-state index contributed by atoms with van der Waals surface area (Å²) in [4.78, 5) is 1.86. The maximum absolute atomic E-state index is 12.5. The average Bonchev–Trinajstić information content (AvgIpc) is 2.38. The second-order valence-corrected chi connectivity index (χ2v) is 3.94. The number of rotatable bonds is 1. The highest BCUT2D eigenvalue weighted by atomic mass is 19.4. The largest absolute Gasteiger partial charge is 0.416 e. The van der Waals surface area contributed by atoms with Crippen LogP contribution < -0.4 is 4.90 Å². The van der Waals surface area contributed by atoms with E-state index in [4.69, 9.17) is 10.00 Å². The fourth-order valence-electron chi connectivity index (χ4n) is 1.88. The highest BCUT2D eigenvalue weighted by molar-refractivity contribution is 5.61. The first-order valence-electron chi connectivity index (χ1n) is 5.46. The molecule has 0 aliphatic carbocycles. The number of nitriles is 1. The predicted octanol–water partition coefficient (Wildman–Crippen LogP) is 2.41. The quantitative estimate of drug-likeness (QED) is 0.774. The molecule has 1 fully saturated rings.